The second-order valence-electron chi connectivity index (χ2n) is 6.80. The van der Waals surface area contributed by atoms with Crippen LogP contribution in [0.25, 0.3) is 11.3 Å². The molecule has 10 nitrogen and oxygen atoms in total. The van der Waals surface area contributed by atoms with Crippen molar-refractivity contribution in [2.75, 3.05) is 31.7 Å². The van der Waals surface area contributed by atoms with E-state index in [1.807, 2.05) is 5.38 Å². The molecule has 12 heteroatoms. The summed E-state index contributed by atoms with van der Waals surface area (Å²) in [5.41, 5.74) is 5.03. The number of hydrogen-bond acceptors (Lipinski definition) is 9. The number of nitro benzene ring substituents is 1. The summed E-state index contributed by atoms with van der Waals surface area (Å²) >= 11 is 1.35. The van der Waals surface area contributed by atoms with Gasteiger partial charge in [-0.1, -0.05) is 12.1 Å². The van der Waals surface area contributed by atoms with Crippen LogP contribution in [0.5, 0.6) is 0 Å². The van der Waals surface area contributed by atoms with Crippen molar-refractivity contribution >= 4 is 38.4 Å². The molecule has 1 fully saturated rings. The van der Waals surface area contributed by atoms with Gasteiger partial charge in [0.1, 0.15) is 0 Å². The number of rotatable bonds is 7. The van der Waals surface area contributed by atoms with Gasteiger partial charge in [-0.2, -0.15) is 9.41 Å². The Hall–Kier alpha value is -3.19. The van der Waals surface area contributed by atoms with Crippen LogP contribution < -0.4 is 5.43 Å². The number of sulfonamides is 1. The molecule has 1 N–H and O–H groups in total. The molecule has 0 amide bonds. The summed E-state index contributed by atoms with van der Waals surface area (Å²) in [4.78, 5) is 14.9. The lowest BCUT2D eigenvalue weighted by Gasteiger charge is -2.26. The summed E-state index contributed by atoms with van der Waals surface area (Å²) in [6, 6.07) is 12.6. The molecule has 2 aromatic carbocycles. The Morgan fingerprint density at radius 1 is 1.12 bits per heavy atom. The van der Waals surface area contributed by atoms with Gasteiger partial charge in [-0.25, -0.2) is 13.4 Å². The van der Waals surface area contributed by atoms with Crippen LogP contribution in [0.3, 0.4) is 0 Å². The van der Waals surface area contributed by atoms with E-state index >= 15 is 0 Å². The number of morpholine rings is 1. The van der Waals surface area contributed by atoms with Crippen molar-refractivity contribution in [1.82, 2.24) is 9.29 Å². The molecule has 1 aliphatic heterocycles. The fourth-order valence-corrected chi connectivity index (χ4v) is 5.11. The minimum absolute atomic E-state index is 0.0171. The molecular weight excluding hydrogens is 454 g/mol. The molecule has 0 unspecified atom stereocenters. The third-order valence-electron chi connectivity index (χ3n) is 4.74. The maximum absolute atomic E-state index is 12.7. The highest BCUT2D eigenvalue weighted by Gasteiger charge is 2.26. The maximum atomic E-state index is 12.7. The molecule has 0 atom stereocenters. The number of benzene rings is 2. The Labute approximate surface area is 188 Å². The first kappa shape index (κ1) is 22.0. The predicted octanol–water partition coefficient (Wildman–Crippen LogP) is 3.19. The molecule has 4 rings (SSSR count). The van der Waals surface area contributed by atoms with Crippen LogP contribution in [0, 0.1) is 10.1 Å². The number of hydrogen-bond donors (Lipinski definition) is 1. The SMILES string of the molecule is O=[N+]([O-])c1ccc(C=NNc2nc(-c3ccc(S(=O)(=O)N4CCOCC4)cc3)cs2)cc1. The van der Waals surface area contributed by atoms with Crippen LogP contribution >= 0.6 is 11.3 Å². The molecule has 1 saturated heterocycles. The first-order valence-corrected chi connectivity index (χ1v) is 11.9. The zero-order chi connectivity index (χ0) is 22.6. The highest BCUT2D eigenvalue weighted by Crippen LogP contribution is 2.27. The van der Waals surface area contributed by atoms with Gasteiger partial charge in [-0.05, 0) is 29.8 Å². The molecule has 0 radical (unpaired) electrons. The summed E-state index contributed by atoms with van der Waals surface area (Å²) in [7, 11) is -3.53. The Morgan fingerprint density at radius 3 is 2.47 bits per heavy atom. The largest absolute Gasteiger partial charge is 0.379 e. The summed E-state index contributed by atoms with van der Waals surface area (Å²) in [6.07, 6.45) is 1.54. The Bertz CT molecular complexity index is 1220. The fraction of sp³-hybridized carbons (Fsp3) is 0.200. The van der Waals surface area contributed by atoms with E-state index in [0.717, 1.165) is 5.56 Å². The molecule has 1 aromatic heterocycles. The third kappa shape index (κ3) is 4.99. The monoisotopic (exact) mass is 473 g/mol. The van der Waals surface area contributed by atoms with Crippen LogP contribution in [0.4, 0.5) is 10.8 Å². The highest BCUT2D eigenvalue weighted by atomic mass is 32.2. The Kier molecular flexibility index (Phi) is 6.55. The number of ether oxygens (including phenoxy) is 1. The van der Waals surface area contributed by atoms with Gasteiger partial charge in [0.2, 0.25) is 15.2 Å². The first-order chi connectivity index (χ1) is 15.4. The van der Waals surface area contributed by atoms with Gasteiger partial charge in [0.25, 0.3) is 5.69 Å². The molecular formula is C20H19N5O5S2. The van der Waals surface area contributed by atoms with Crippen molar-refractivity contribution in [3.05, 3.63) is 69.6 Å². The Balaban J connectivity index is 1.40. The van der Waals surface area contributed by atoms with Crippen molar-refractivity contribution in [2.45, 2.75) is 4.90 Å². The van der Waals surface area contributed by atoms with Gasteiger partial charge >= 0.3 is 0 Å². The van der Waals surface area contributed by atoms with Crippen LogP contribution in [0.15, 0.2) is 63.9 Å². The molecule has 32 heavy (non-hydrogen) atoms. The quantitative estimate of drug-likeness (QED) is 0.317. The average molecular weight is 474 g/mol. The molecule has 0 spiro atoms. The minimum atomic E-state index is -3.53. The lowest BCUT2D eigenvalue weighted by molar-refractivity contribution is -0.384. The highest BCUT2D eigenvalue weighted by molar-refractivity contribution is 7.89. The van der Waals surface area contributed by atoms with Crippen LogP contribution in [-0.4, -0.2) is 55.1 Å². The van der Waals surface area contributed by atoms with E-state index in [0.29, 0.717) is 42.7 Å². The molecule has 0 saturated carbocycles. The van der Waals surface area contributed by atoms with E-state index in [1.165, 1.54) is 34.0 Å². The Morgan fingerprint density at radius 2 is 1.81 bits per heavy atom. The first-order valence-electron chi connectivity index (χ1n) is 9.61. The third-order valence-corrected chi connectivity index (χ3v) is 7.40. The molecule has 0 bridgehead atoms. The zero-order valence-electron chi connectivity index (χ0n) is 16.7. The van der Waals surface area contributed by atoms with E-state index in [-0.39, 0.29) is 10.6 Å². The van der Waals surface area contributed by atoms with Crippen molar-refractivity contribution in [2.24, 2.45) is 5.10 Å². The number of nitrogens with one attached hydrogen (secondary N) is 1. The van der Waals surface area contributed by atoms with Crippen LogP contribution in [0.2, 0.25) is 0 Å². The summed E-state index contributed by atoms with van der Waals surface area (Å²) in [6.45, 7) is 1.51. The van der Waals surface area contributed by atoms with E-state index in [9.17, 15) is 18.5 Å². The maximum Gasteiger partial charge on any atom is 0.269 e. The lowest BCUT2D eigenvalue weighted by atomic mass is 10.2. The number of aromatic nitrogens is 1. The number of non-ortho nitro benzene ring substituents is 1. The van der Waals surface area contributed by atoms with Gasteiger partial charge < -0.3 is 4.74 Å². The standard InChI is InChI=1S/C20H19N5O5S2/c26-25(27)17-5-1-15(2-6-17)13-21-23-20-22-19(14-31-20)16-3-7-18(8-4-16)32(28,29)24-9-11-30-12-10-24/h1-8,13-14H,9-12H2,(H,22,23). The number of thiazole rings is 1. The number of nitrogens with zero attached hydrogens (tertiary/aromatic N) is 4. The fourth-order valence-electron chi connectivity index (χ4n) is 3.04. The van der Waals surface area contributed by atoms with E-state index < -0.39 is 14.9 Å². The predicted molar refractivity (Wildman–Crippen MR) is 121 cm³/mol. The molecule has 2 heterocycles. The van der Waals surface area contributed by atoms with Crippen molar-refractivity contribution in [1.29, 1.82) is 0 Å². The number of hydrazone groups is 1. The van der Waals surface area contributed by atoms with Gasteiger partial charge in [0, 0.05) is 36.2 Å². The minimum Gasteiger partial charge on any atom is -0.379 e. The van der Waals surface area contributed by atoms with Gasteiger partial charge in [-0.15, -0.1) is 11.3 Å². The smallest absolute Gasteiger partial charge is 0.269 e. The normalized spacial score (nSPS) is 15.1. The molecule has 166 valence electrons. The van der Waals surface area contributed by atoms with Crippen molar-refractivity contribution < 1.29 is 18.1 Å². The van der Waals surface area contributed by atoms with E-state index in [4.69, 9.17) is 4.74 Å². The van der Waals surface area contributed by atoms with Gasteiger partial charge in [0.15, 0.2) is 0 Å². The topological polar surface area (TPSA) is 127 Å². The van der Waals surface area contributed by atoms with E-state index in [2.05, 4.69) is 15.5 Å². The van der Waals surface area contributed by atoms with Crippen LogP contribution in [0.1, 0.15) is 5.56 Å². The second-order valence-corrected chi connectivity index (χ2v) is 9.59. The van der Waals surface area contributed by atoms with Crippen molar-refractivity contribution in [3.8, 4) is 11.3 Å². The van der Waals surface area contributed by atoms with Crippen LogP contribution in [-0.2, 0) is 14.8 Å². The second kappa shape index (κ2) is 9.53. The van der Waals surface area contributed by atoms with Crippen molar-refractivity contribution in [3.63, 3.8) is 0 Å². The zero-order valence-corrected chi connectivity index (χ0v) is 18.4. The molecule has 3 aromatic rings. The van der Waals surface area contributed by atoms with Gasteiger partial charge in [0.05, 0.1) is 34.9 Å². The lowest BCUT2D eigenvalue weighted by Crippen LogP contribution is -2.40. The summed E-state index contributed by atoms with van der Waals surface area (Å²) in [5.74, 6) is 0. The summed E-state index contributed by atoms with van der Waals surface area (Å²) in [5, 5.41) is 17.2. The summed E-state index contributed by atoms with van der Waals surface area (Å²) < 4.78 is 32.1. The molecule has 1 aliphatic rings. The van der Waals surface area contributed by atoms with E-state index in [1.54, 1.807) is 36.4 Å². The average Bonchev–Trinajstić information content (AvgIpc) is 3.29. The molecule has 0 aliphatic carbocycles. The number of anilines is 1. The van der Waals surface area contributed by atoms with Gasteiger partial charge in [-0.3, -0.25) is 15.5 Å². The number of nitro groups is 1.